The fourth-order valence-electron chi connectivity index (χ4n) is 1.53. The summed E-state index contributed by atoms with van der Waals surface area (Å²) in [6.45, 7) is 4.75. The maximum absolute atomic E-state index is 8.60. The van der Waals surface area contributed by atoms with Crippen LogP contribution in [0.15, 0.2) is 5.16 Å². The number of methoxy groups -OCH3 is 1. The highest BCUT2D eigenvalue weighted by Gasteiger charge is 2.16. The first kappa shape index (κ1) is 14.2. The number of nitrogens with two attached hydrogens (primary N) is 1. The normalized spacial score (nSPS) is 16.3. The quantitative estimate of drug-likeness (QED) is 0.244. The number of oxime groups is 1. The standard InChI is InChI=1S/C10H23N3O2/c1-4-6-8(7-15-3)12-9(5-2)10(11)13-14/h8-9,12,14H,4-7H2,1-3H3,(H2,11,13). The van der Waals surface area contributed by atoms with Crippen molar-refractivity contribution in [3.05, 3.63) is 0 Å². The lowest BCUT2D eigenvalue weighted by Crippen LogP contribution is -2.47. The van der Waals surface area contributed by atoms with Crippen molar-refractivity contribution in [2.24, 2.45) is 10.9 Å². The third kappa shape index (κ3) is 5.59. The first-order valence-electron chi connectivity index (χ1n) is 5.41. The van der Waals surface area contributed by atoms with E-state index in [9.17, 15) is 0 Å². The van der Waals surface area contributed by atoms with Gasteiger partial charge in [-0.05, 0) is 12.8 Å². The smallest absolute Gasteiger partial charge is 0.156 e. The lowest BCUT2D eigenvalue weighted by molar-refractivity contribution is 0.159. The van der Waals surface area contributed by atoms with E-state index >= 15 is 0 Å². The van der Waals surface area contributed by atoms with Crippen molar-refractivity contribution in [1.29, 1.82) is 0 Å². The molecule has 0 aromatic carbocycles. The molecule has 2 unspecified atom stereocenters. The molecule has 0 saturated carbocycles. The molecule has 0 heterocycles. The van der Waals surface area contributed by atoms with Gasteiger partial charge >= 0.3 is 0 Å². The molecule has 4 N–H and O–H groups in total. The van der Waals surface area contributed by atoms with Gasteiger partial charge in [-0.25, -0.2) is 0 Å². The summed E-state index contributed by atoms with van der Waals surface area (Å²) in [7, 11) is 1.68. The molecule has 0 aromatic rings. The molecule has 0 fully saturated rings. The second-order valence-electron chi connectivity index (χ2n) is 3.59. The predicted octanol–water partition coefficient (Wildman–Crippen LogP) is 0.916. The molecule has 15 heavy (non-hydrogen) atoms. The van der Waals surface area contributed by atoms with Crippen molar-refractivity contribution in [1.82, 2.24) is 5.32 Å². The van der Waals surface area contributed by atoms with Gasteiger partial charge in [0.25, 0.3) is 0 Å². The van der Waals surface area contributed by atoms with Crippen LogP contribution in [-0.4, -0.2) is 36.8 Å². The third-order valence-corrected chi connectivity index (χ3v) is 2.32. The zero-order valence-corrected chi connectivity index (χ0v) is 9.86. The van der Waals surface area contributed by atoms with Crippen LogP contribution < -0.4 is 11.1 Å². The van der Waals surface area contributed by atoms with Crippen molar-refractivity contribution < 1.29 is 9.94 Å². The molecule has 0 radical (unpaired) electrons. The molecule has 0 saturated heterocycles. The van der Waals surface area contributed by atoms with Gasteiger partial charge < -0.3 is 21.0 Å². The van der Waals surface area contributed by atoms with E-state index in [0.29, 0.717) is 6.61 Å². The minimum Gasteiger partial charge on any atom is -0.409 e. The number of hydrogen-bond donors (Lipinski definition) is 3. The van der Waals surface area contributed by atoms with Crippen LogP contribution in [0.3, 0.4) is 0 Å². The minimum absolute atomic E-state index is 0.0818. The van der Waals surface area contributed by atoms with Gasteiger partial charge in [0.15, 0.2) is 5.84 Å². The summed E-state index contributed by atoms with van der Waals surface area (Å²) in [6.07, 6.45) is 2.89. The van der Waals surface area contributed by atoms with Crippen LogP contribution in [-0.2, 0) is 4.74 Å². The number of hydrogen-bond acceptors (Lipinski definition) is 4. The van der Waals surface area contributed by atoms with Gasteiger partial charge in [0, 0.05) is 13.2 Å². The predicted molar refractivity (Wildman–Crippen MR) is 61.2 cm³/mol. The zero-order valence-electron chi connectivity index (χ0n) is 9.86. The average molecular weight is 217 g/mol. The Labute approximate surface area is 91.7 Å². The second kappa shape index (κ2) is 8.49. The average Bonchev–Trinajstić information content (AvgIpc) is 2.25. The van der Waals surface area contributed by atoms with E-state index in [-0.39, 0.29) is 17.9 Å². The van der Waals surface area contributed by atoms with E-state index in [1.54, 1.807) is 7.11 Å². The molecule has 0 spiro atoms. The Morgan fingerprint density at radius 3 is 2.60 bits per heavy atom. The molecule has 90 valence electrons. The van der Waals surface area contributed by atoms with E-state index in [1.807, 2.05) is 6.92 Å². The lowest BCUT2D eigenvalue weighted by Gasteiger charge is -2.23. The summed E-state index contributed by atoms with van der Waals surface area (Å²) < 4.78 is 5.11. The SMILES string of the molecule is CCCC(COC)NC(CC)C(N)=NO. The van der Waals surface area contributed by atoms with Crippen LogP contribution >= 0.6 is 0 Å². The number of amidine groups is 1. The van der Waals surface area contributed by atoms with E-state index in [2.05, 4.69) is 17.4 Å². The fraction of sp³-hybridized carbons (Fsp3) is 0.900. The highest BCUT2D eigenvalue weighted by atomic mass is 16.5. The Morgan fingerprint density at radius 2 is 2.20 bits per heavy atom. The van der Waals surface area contributed by atoms with Crippen LogP contribution in [0.2, 0.25) is 0 Å². The highest BCUT2D eigenvalue weighted by molar-refractivity contribution is 5.85. The minimum atomic E-state index is -0.0818. The lowest BCUT2D eigenvalue weighted by atomic mass is 10.1. The summed E-state index contributed by atoms with van der Waals surface area (Å²) in [5, 5.41) is 14.9. The molecule has 0 aromatic heterocycles. The monoisotopic (exact) mass is 217 g/mol. The first-order chi connectivity index (χ1) is 7.19. The van der Waals surface area contributed by atoms with Gasteiger partial charge in [-0.2, -0.15) is 0 Å². The van der Waals surface area contributed by atoms with Crippen molar-refractivity contribution in [3.63, 3.8) is 0 Å². The van der Waals surface area contributed by atoms with E-state index < -0.39 is 0 Å². The topological polar surface area (TPSA) is 79.9 Å². The maximum atomic E-state index is 8.60. The number of nitrogens with one attached hydrogen (secondary N) is 1. The summed E-state index contributed by atoms with van der Waals surface area (Å²) in [5.41, 5.74) is 5.57. The third-order valence-electron chi connectivity index (χ3n) is 2.32. The second-order valence-corrected chi connectivity index (χ2v) is 3.59. The summed E-state index contributed by atoms with van der Waals surface area (Å²) in [5.74, 6) is 0.231. The Balaban J connectivity index is 4.21. The van der Waals surface area contributed by atoms with Crippen molar-refractivity contribution >= 4 is 5.84 Å². The molecule has 0 aliphatic heterocycles. The van der Waals surface area contributed by atoms with Crippen LogP contribution in [0.5, 0.6) is 0 Å². The molecule has 0 rings (SSSR count). The van der Waals surface area contributed by atoms with Crippen LogP contribution in [0.25, 0.3) is 0 Å². The van der Waals surface area contributed by atoms with Crippen LogP contribution in [0.1, 0.15) is 33.1 Å². The summed E-state index contributed by atoms with van der Waals surface area (Å²) in [6, 6.07) is 0.173. The number of ether oxygens (including phenoxy) is 1. The summed E-state index contributed by atoms with van der Waals surface area (Å²) >= 11 is 0. The fourth-order valence-corrected chi connectivity index (χ4v) is 1.53. The van der Waals surface area contributed by atoms with Gasteiger partial charge in [0.1, 0.15) is 0 Å². The molecule has 0 aliphatic rings. The van der Waals surface area contributed by atoms with Gasteiger partial charge in [-0.3, -0.25) is 0 Å². The molecule has 2 atom stereocenters. The Morgan fingerprint density at radius 1 is 1.53 bits per heavy atom. The van der Waals surface area contributed by atoms with Gasteiger partial charge in [-0.15, -0.1) is 0 Å². The van der Waals surface area contributed by atoms with Crippen molar-refractivity contribution in [3.8, 4) is 0 Å². The molecular weight excluding hydrogens is 194 g/mol. The molecule has 5 heteroatoms. The Hall–Kier alpha value is -0.810. The largest absolute Gasteiger partial charge is 0.409 e. The molecule has 0 aliphatic carbocycles. The van der Waals surface area contributed by atoms with Crippen molar-refractivity contribution in [2.75, 3.05) is 13.7 Å². The Bertz CT molecular complexity index is 180. The number of rotatable bonds is 8. The molecule has 0 amide bonds. The summed E-state index contributed by atoms with van der Waals surface area (Å²) in [4.78, 5) is 0. The van der Waals surface area contributed by atoms with E-state index in [4.69, 9.17) is 15.7 Å². The molecule has 5 nitrogen and oxygen atoms in total. The first-order valence-corrected chi connectivity index (χ1v) is 5.41. The van der Waals surface area contributed by atoms with Gasteiger partial charge in [-0.1, -0.05) is 25.4 Å². The Kier molecular flexibility index (Phi) is 8.04. The van der Waals surface area contributed by atoms with Crippen molar-refractivity contribution in [2.45, 2.75) is 45.2 Å². The zero-order chi connectivity index (χ0) is 11.7. The van der Waals surface area contributed by atoms with Crippen LogP contribution in [0, 0.1) is 0 Å². The number of nitrogens with zero attached hydrogens (tertiary/aromatic N) is 1. The molecule has 0 bridgehead atoms. The van der Waals surface area contributed by atoms with Gasteiger partial charge in [0.2, 0.25) is 0 Å². The van der Waals surface area contributed by atoms with Crippen LogP contribution in [0.4, 0.5) is 0 Å². The highest BCUT2D eigenvalue weighted by Crippen LogP contribution is 2.01. The van der Waals surface area contributed by atoms with E-state index in [1.165, 1.54) is 0 Å². The maximum Gasteiger partial charge on any atom is 0.156 e. The van der Waals surface area contributed by atoms with Gasteiger partial charge in [0.05, 0.1) is 12.6 Å². The van der Waals surface area contributed by atoms with E-state index in [0.717, 1.165) is 19.3 Å². The molecular formula is C10H23N3O2.